The van der Waals surface area contributed by atoms with Gasteiger partial charge in [-0.3, -0.25) is 9.59 Å². The van der Waals surface area contributed by atoms with E-state index in [0.29, 0.717) is 5.69 Å². The fraction of sp³-hybridized carbons (Fsp3) is 0.467. The number of nitrogens with one attached hydrogen (secondary N) is 1. The summed E-state index contributed by atoms with van der Waals surface area (Å²) in [7, 11) is 3.73. The zero-order valence-electron chi connectivity index (χ0n) is 12.6. The molecule has 110 valence electrons. The maximum Gasteiger partial charge on any atom is 0.316 e. The van der Waals surface area contributed by atoms with Crippen LogP contribution in [0, 0.1) is 11.3 Å². The molecule has 0 aliphatic heterocycles. The van der Waals surface area contributed by atoms with Crippen molar-refractivity contribution in [3.05, 3.63) is 24.3 Å². The standard InChI is InChI=1S/C15H22N2O3/c1-15(2,3)12(14(19)20)13(18)16-10-8-6-7-9-11(10)17(4)5/h6-9,12H,1-5H3,(H,16,18)(H,19,20). The lowest BCUT2D eigenvalue weighted by atomic mass is 9.80. The molecule has 1 unspecified atom stereocenters. The largest absolute Gasteiger partial charge is 0.481 e. The van der Waals surface area contributed by atoms with Gasteiger partial charge in [-0.25, -0.2) is 0 Å². The summed E-state index contributed by atoms with van der Waals surface area (Å²) in [4.78, 5) is 25.5. The van der Waals surface area contributed by atoms with Crippen molar-refractivity contribution in [2.75, 3.05) is 24.3 Å². The van der Waals surface area contributed by atoms with Crippen LogP contribution in [0.4, 0.5) is 11.4 Å². The molecule has 5 nitrogen and oxygen atoms in total. The summed E-state index contributed by atoms with van der Waals surface area (Å²) in [5.74, 6) is -2.71. The predicted octanol–water partition coefficient (Wildman–Crippen LogP) is 2.44. The molecule has 20 heavy (non-hydrogen) atoms. The highest BCUT2D eigenvalue weighted by Gasteiger charge is 2.37. The van der Waals surface area contributed by atoms with Gasteiger partial charge in [-0.2, -0.15) is 0 Å². The van der Waals surface area contributed by atoms with Gasteiger partial charge in [-0.1, -0.05) is 32.9 Å². The first kappa shape index (κ1) is 16.0. The smallest absolute Gasteiger partial charge is 0.316 e. The average Bonchev–Trinajstić information content (AvgIpc) is 2.26. The zero-order chi connectivity index (χ0) is 15.5. The van der Waals surface area contributed by atoms with Gasteiger partial charge in [0.25, 0.3) is 0 Å². The molecule has 0 radical (unpaired) electrons. The van der Waals surface area contributed by atoms with E-state index in [1.165, 1.54) is 0 Å². The minimum atomic E-state index is -1.11. The molecule has 1 atom stereocenters. The summed E-state index contributed by atoms with van der Waals surface area (Å²) in [5, 5.41) is 12.0. The minimum Gasteiger partial charge on any atom is -0.481 e. The van der Waals surface area contributed by atoms with Crippen molar-refractivity contribution in [1.82, 2.24) is 0 Å². The van der Waals surface area contributed by atoms with E-state index in [-0.39, 0.29) is 0 Å². The van der Waals surface area contributed by atoms with Crippen LogP contribution in [0.1, 0.15) is 20.8 Å². The third kappa shape index (κ3) is 3.73. The summed E-state index contributed by atoms with van der Waals surface area (Å²) >= 11 is 0. The van der Waals surface area contributed by atoms with Crippen molar-refractivity contribution < 1.29 is 14.7 Å². The van der Waals surface area contributed by atoms with Crippen LogP contribution in [0.5, 0.6) is 0 Å². The van der Waals surface area contributed by atoms with Crippen LogP contribution in [0.2, 0.25) is 0 Å². The highest BCUT2D eigenvalue weighted by Crippen LogP contribution is 2.29. The Labute approximate surface area is 119 Å². The van der Waals surface area contributed by atoms with Gasteiger partial charge in [0.1, 0.15) is 5.92 Å². The second-order valence-electron chi connectivity index (χ2n) is 6.04. The number of amides is 1. The van der Waals surface area contributed by atoms with Crippen molar-refractivity contribution >= 4 is 23.3 Å². The molecule has 1 aromatic rings. The molecule has 0 saturated carbocycles. The number of hydrogen-bond acceptors (Lipinski definition) is 3. The zero-order valence-corrected chi connectivity index (χ0v) is 12.6. The topological polar surface area (TPSA) is 69.6 Å². The first-order chi connectivity index (χ1) is 9.14. The Bertz CT molecular complexity index is 504. The highest BCUT2D eigenvalue weighted by atomic mass is 16.4. The number of carbonyl (C=O) groups is 2. The van der Waals surface area contributed by atoms with Crippen LogP contribution in [-0.2, 0) is 9.59 Å². The van der Waals surface area contributed by atoms with Gasteiger partial charge in [0.2, 0.25) is 5.91 Å². The Morgan fingerprint density at radius 3 is 2.20 bits per heavy atom. The molecule has 1 amide bonds. The molecule has 0 heterocycles. The number of benzene rings is 1. The van der Waals surface area contributed by atoms with E-state index in [2.05, 4.69) is 5.32 Å². The number of carbonyl (C=O) groups excluding carboxylic acids is 1. The third-order valence-electron chi connectivity index (χ3n) is 3.02. The van der Waals surface area contributed by atoms with Gasteiger partial charge >= 0.3 is 5.97 Å². The van der Waals surface area contributed by atoms with Crippen LogP contribution in [0.3, 0.4) is 0 Å². The monoisotopic (exact) mass is 278 g/mol. The van der Waals surface area contributed by atoms with Crippen molar-refractivity contribution in [3.8, 4) is 0 Å². The fourth-order valence-electron chi connectivity index (χ4n) is 2.05. The Morgan fingerprint density at radius 1 is 1.20 bits per heavy atom. The fourth-order valence-corrected chi connectivity index (χ4v) is 2.05. The molecule has 0 aliphatic carbocycles. The van der Waals surface area contributed by atoms with Gasteiger partial charge in [0.05, 0.1) is 11.4 Å². The minimum absolute atomic E-state index is 0.501. The summed E-state index contributed by atoms with van der Waals surface area (Å²) in [6.07, 6.45) is 0. The first-order valence-electron chi connectivity index (χ1n) is 6.44. The molecule has 0 saturated heterocycles. The van der Waals surface area contributed by atoms with E-state index in [4.69, 9.17) is 0 Å². The van der Waals surface area contributed by atoms with E-state index < -0.39 is 23.2 Å². The Morgan fingerprint density at radius 2 is 1.75 bits per heavy atom. The molecule has 0 fully saturated rings. The number of nitrogens with zero attached hydrogens (tertiary/aromatic N) is 1. The summed E-state index contributed by atoms with van der Waals surface area (Å²) in [6, 6.07) is 7.29. The summed E-state index contributed by atoms with van der Waals surface area (Å²) in [5.41, 5.74) is 0.792. The number of aliphatic carboxylic acids is 1. The van der Waals surface area contributed by atoms with E-state index in [9.17, 15) is 14.7 Å². The van der Waals surface area contributed by atoms with E-state index in [1.54, 1.807) is 32.9 Å². The van der Waals surface area contributed by atoms with Crippen molar-refractivity contribution in [2.24, 2.45) is 11.3 Å². The molecule has 1 aromatic carbocycles. The number of para-hydroxylation sites is 2. The third-order valence-corrected chi connectivity index (χ3v) is 3.02. The van der Waals surface area contributed by atoms with E-state index in [0.717, 1.165) is 5.69 Å². The number of anilines is 2. The lowest BCUT2D eigenvalue weighted by Crippen LogP contribution is -2.39. The quantitative estimate of drug-likeness (QED) is 0.830. The second-order valence-corrected chi connectivity index (χ2v) is 6.04. The van der Waals surface area contributed by atoms with Gasteiger partial charge in [-0.05, 0) is 17.5 Å². The molecule has 0 bridgehead atoms. The first-order valence-corrected chi connectivity index (χ1v) is 6.44. The van der Waals surface area contributed by atoms with E-state index >= 15 is 0 Å². The molecular weight excluding hydrogens is 256 g/mol. The Hall–Kier alpha value is -2.04. The molecule has 2 N–H and O–H groups in total. The maximum atomic E-state index is 12.3. The van der Waals surface area contributed by atoms with Gasteiger partial charge < -0.3 is 15.3 Å². The Kier molecular flexibility index (Phi) is 4.76. The maximum absolute atomic E-state index is 12.3. The number of carboxylic acids is 1. The van der Waals surface area contributed by atoms with Crippen molar-refractivity contribution in [1.29, 1.82) is 0 Å². The number of carboxylic acid groups (broad SMARTS) is 1. The van der Waals surface area contributed by atoms with Crippen LogP contribution < -0.4 is 10.2 Å². The van der Waals surface area contributed by atoms with E-state index in [1.807, 2.05) is 31.1 Å². The number of rotatable bonds is 4. The molecule has 1 rings (SSSR count). The molecule has 0 aliphatic rings. The van der Waals surface area contributed by atoms with Crippen LogP contribution >= 0.6 is 0 Å². The Balaban J connectivity index is 3.04. The predicted molar refractivity (Wildman–Crippen MR) is 80.0 cm³/mol. The van der Waals surface area contributed by atoms with Crippen LogP contribution in [0.15, 0.2) is 24.3 Å². The van der Waals surface area contributed by atoms with Crippen molar-refractivity contribution in [3.63, 3.8) is 0 Å². The van der Waals surface area contributed by atoms with Gasteiger partial charge in [0, 0.05) is 14.1 Å². The van der Waals surface area contributed by atoms with Gasteiger partial charge in [0.15, 0.2) is 0 Å². The number of hydrogen-bond donors (Lipinski definition) is 2. The second kappa shape index (κ2) is 5.94. The molecule has 5 heteroatoms. The normalized spacial score (nSPS) is 12.7. The average molecular weight is 278 g/mol. The summed E-state index contributed by atoms with van der Waals surface area (Å²) < 4.78 is 0. The van der Waals surface area contributed by atoms with Gasteiger partial charge in [-0.15, -0.1) is 0 Å². The lowest BCUT2D eigenvalue weighted by Gasteiger charge is -2.27. The molecule has 0 spiro atoms. The lowest BCUT2D eigenvalue weighted by molar-refractivity contribution is -0.149. The SMILES string of the molecule is CN(C)c1ccccc1NC(=O)C(C(=O)O)C(C)(C)C. The van der Waals surface area contributed by atoms with Crippen LogP contribution in [0.25, 0.3) is 0 Å². The molecular formula is C15H22N2O3. The highest BCUT2D eigenvalue weighted by molar-refractivity contribution is 6.06. The molecule has 0 aromatic heterocycles. The van der Waals surface area contributed by atoms with Crippen molar-refractivity contribution in [2.45, 2.75) is 20.8 Å². The van der Waals surface area contributed by atoms with Crippen LogP contribution in [-0.4, -0.2) is 31.1 Å². The summed E-state index contributed by atoms with van der Waals surface area (Å²) in [6.45, 7) is 5.22.